The lowest BCUT2D eigenvalue weighted by atomic mass is 9.69. The van der Waals surface area contributed by atoms with Crippen LogP contribution in [0.4, 0.5) is 5.95 Å². The van der Waals surface area contributed by atoms with Gasteiger partial charge in [0.2, 0.25) is 5.95 Å². The fourth-order valence-electron chi connectivity index (χ4n) is 9.05. The molecule has 3 saturated heterocycles. The minimum Gasteiger partial charge on any atom is -0.459 e. The van der Waals surface area contributed by atoms with E-state index >= 15 is 0 Å². The molecule has 1 unspecified atom stereocenters. The van der Waals surface area contributed by atoms with Crippen molar-refractivity contribution in [2.75, 3.05) is 26.4 Å². The van der Waals surface area contributed by atoms with Crippen LogP contribution in [0.1, 0.15) is 93.2 Å². The summed E-state index contributed by atoms with van der Waals surface area (Å²) in [6, 6.07) is 3.36. The highest BCUT2D eigenvalue weighted by Gasteiger charge is 2.52. The number of aromatic nitrogens is 3. The number of Topliss-reactive ketones (excluding diaryl/α,β-unsaturated/α-hetero) is 1. The summed E-state index contributed by atoms with van der Waals surface area (Å²) in [5.41, 5.74) is 4.61. The number of rotatable bonds is 8. The molecule has 58 heavy (non-hydrogen) atoms. The molecular weight excluding hydrogens is 769 g/mol. The number of anilines is 1. The van der Waals surface area contributed by atoms with Crippen LogP contribution in [0.5, 0.6) is 0 Å². The standard InChI is InChI=1S/C41H64N6O10S/c1-11-31-41(8,52)29-15-14-28(45-54-20-27-13-12-26(18-43-27)36-44-39(42)46-58-36)19-53-40(7,17-21(2)32(48)23(29)4)35(24(5)33(49)25(6)37(51)56-31)57-38-34(50)30(47(9)10)16-22(3)55-38/h12-13,18,21-25,29-31,33-35,38,49-50,52H,11,14-17,19-20H2,1-10H3,(H2,42,46)/b45-28+/t21-,22-,23-,24+,25-,29-,30+,31-,33?,34-,35-,38+,40-,41+/m1/s1. The Kier molecular flexibility index (Phi) is 15.1. The number of pyridine rings is 1. The number of carbonyl (C=O) groups is 2. The number of hydrogen-bond acceptors (Lipinski definition) is 17. The molecule has 5 heterocycles. The zero-order valence-corrected chi connectivity index (χ0v) is 36.3. The summed E-state index contributed by atoms with van der Waals surface area (Å²) in [6.07, 6.45) is -2.58. The molecule has 3 aliphatic rings. The molecule has 0 radical (unpaired) electrons. The summed E-state index contributed by atoms with van der Waals surface area (Å²) in [5, 5.41) is 41.1. The second-order valence-corrected chi connectivity index (χ2v) is 18.0. The van der Waals surface area contributed by atoms with Crippen molar-refractivity contribution in [3.05, 3.63) is 24.0 Å². The van der Waals surface area contributed by atoms with Gasteiger partial charge in [-0.3, -0.25) is 14.6 Å². The maximum absolute atomic E-state index is 14.5. The average molecular weight is 833 g/mol. The van der Waals surface area contributed by atoms with E-state index in [4.69, 9.17) is 29.5 Å². The van der Waals surface area contributed by atoms with Crippen LogP contribution >= 0.6 is 11.5 Å². The second-order valence-electron chi connectivity index (χ2n) is 17.3. The number of oxime groups is 1. The summed E-state index contributed by atoms with van der Waals surface area (Å²) in [6.45, 7) is 14.1. The maximum Gasteiger partial charge on any atom is 0.311 e. The number of carbonyl (C=O) groups excluding carboxylic acids is 2. The van der Waals surface area contributed by atoms with E-state index in [1.807, 2.05) is 59.7 Å². The Labute approximate surface area is 346 Å². The predicted molar refractivity (Wildman–Crippen MR) is 217 cm³/mol. The van der Waals surface area contributed by atoms with Gasteiger partial charge in [-0.25, -0.2) is 0 Å². The molecule has 5 rings (SSSR count). The zero-order chi connectivity index (χ0) is 42.7. The third-order valence-corrected chi connectivity index (χ3v) is 13.4. The molecule has 0 amide bonds. The Bertz CT molecular complexity index is 1730. The fraction of sp³-hybridized carbons (Fsp3) is 0.756. The lowest BCUT2D eigenvalue weighted by Crippen LogP contribution is -2.60. The number of ketones is 1. The van der Waals surface area contributed by atoms with Crippen molar-refractivity contribution in [1.29, 1.82) is 0 Å². The van der Waals surface area contributed by atoms with Crippen molar-refractivity contribution in [3.63, 3.8) is 0 Å². The van der Waals surface area contributed by atoms with E-state index < -0.39 is 77.5 Å². The van der Waals surface area contributed by atoms with Gasteiger partial charge in [-0.05, 0) is 97.6 Å². The van der Waals surface area contributed by atoms with Gasteiger partial charge in [0.25, 0.3) is 0 Å². The Morgan fingerprint density at radius 2 is 1.81 bits per heavy atom. The number of hydrogen-bond donors (Lipinski definition) is 4. The zero-order valence-electron chi connectivity index (χ0n) is 35.5. The highest BCUT2D eigenvalue weighted by molar-refractivity contribution is 7.09. The SMILES string of the molecule is CC[C@H]1OC(=O)[C@H](C)C(O)[C@H](C)[C@@H](O[C@@H]2O[C@H](C)C[C@H](N(C)C)[C@H]2O)[C@@]2(C)C[C@@H](C)C(=O)[C@H](C)[C@@H](CC/C(=N\OCc3ccc(-c4nc(N)ns4)cn3)CO2)[C@]1(C)O. The number of nitrogens with two attached hydrogens (primary N) is 1. The molecule has 2 aromatic rings. The Balaban J connectivity index is 1.56. The highest BCUT2D eigenvalue weighted by atomic mass is 32.1. The van der Waals surface area contributed by atoms with Gasteiger partial charge in [-0.15, -0.1) is 0 Å². The van der Waals surface area contributed by atoms with E-state index in [9.17, 15) is 24.9 Å². The number of ether oxygens (including phenoxy) is 4. The topological polar surface area (TPSA) is 221 Å². The van der Waals surface area contributed by atoms with Gasteiger partial charge in [-0.2, -0.15) is 9.36 Å². The van der Waals surface area contributed by atoms with Crippen LogP contribution < -0.4 is 5.73 Å². The van der Waals surface area contributed by atoms with Crippen molar-refractivity contribution in [2.45, 2.75) is 148 Å². The molecule has 0 saturated carbocycles. The average Bonchev–Trinajstić information content (AvgIpc) is 3.62. The summed E-state index contributed by atoms with van der Waals surface area (Å²) < 4.78 is 30.0. The van der Waals surface area contributed by atoms with Crippen LogP contribution in [0.3, 0.4) is 0 Å². The number of cyclic esters (lactones) is 1. The third-order valence-electron chi connectivity index (χ3n) is 12.6. The van der Waals surface area contributed by atoms with Crippen molar-refractivity contribution in [1.82, 2.24) is 19.2 Å². The normalized spacial score (nSPS) is 39.1. The molecule has 16 nitrogen and oxygen atoms in total. The molecule has 2 aromatic heterocycles. The van der Waals surface area contributed by atoms with Gasteiger partial charge in [0.05, 0.1) is 47.8 Å². The smallest absolute Gasteiger partial charge is 0.311 e. The number of nitrogen functional groups attached to an aromatic ring is 1. The fourth-order valence-corrected chi connectivity index (χ4v) is 9.63. The van der Waals surface area contributed by atoms with Gasteiger partial charge in [0.15, 0.2) is 12.9 Å². The Morgan fingerprint density at radius 1 is 1.09 bits per heavy atom. The molecular formula is C41H64N6O10S. The lowest BCUT2D eigenvalue weighted by Gasteiger charge is -2.48. The van der Waals surface area contributed by atoms with E-state index in [2.05, 4.69) is 19.5 Å². The van der Waals surface area contributed by atoms with Crippen LogP contribution in [0.15, 0.2) is 23.5 Å². The first-order valence-corrected chi connectivity index (χ1v) is 21.2. The highest BCUT2D eigenvalue weighted by Crippen LogP contribution is 2.42. The van der Waals surface area contributed by atoms with Crippen LogP contribution in [0.25, 0.3) is 10.6 Å². The van der Waals surface area contributed by atoms with Crippen molar-refractivity contribution < 1.29 is 48.7 Å². The second kappa shape index (κ2) is 19.0. The number of nitrogens with zero attached hydrogens (tertiary/aromatic N) is 5. The van der Waals surface area contributed by atoms with Crippen LogP contribution in [-0.4, -0.2) is 127 Å². The molecule has 0 spiro atoms. The number of aliphatic hydroxyl groups is 3. The summed E-state index contributed by atoms with van der Waals surface area (Å²) in [7, 11) is 3.76. The largest absolute Gasteiger partial charge is 0.459 e. The van der Waals surface area contributed by atoms with E-state index in [0.717, 1.165) is 5.56 Å². The minimum absolute atomic E-state index is 0.0369. The summed E-state index contributed by atoms with van der Waals surface area (Å²) in [4.78, 5) is 44.9. The summed E-state index contributed by atoms with van der Waals surface area (Å²) >= 11 is 1.18. The Hall–Kier alpha value is -3.16. The van der Waals surface area contributed by atoms with Gasteiger partial charge >= 0.3 is 5.97 Å². The van der Waals surface area contributed by atoms with Gasteiger partial charge in [0.1, 0.15) is 28.6 Å². The number of esters is 1. The predicted octanol–water partition coefficient (Wildman–Crippen LogP) is 4.00. The molecule has 5 N–H and O–H groups in total. The molecule has 0 aromatic carbocycles. The van der Waals surface area contributed by atoms with Crippen molar-refractivity contribution in [2.24, 2.45) is 34.7 Å². The van der Waals surface area contributed by atoms with Gasteiger partial charge in [0, 0.05) is 41.5 Å². The van der Waals surface area contributed by atoms with Gasteiger partial charge < -0.3 is 49.7 Å². The molecule has 324 valence electrons. The number of likely N-dealkylation sites (N-methyl/N-ethyl adjacent to an activating group) is 1. The first-order valence-electron chi connectivity index (χ1n) is 20.4. The molecule has 2 bridgehead atoms. The van der Waals surface area contributed by atoms with Gasteiger partial charge in [-0.1, -0.05) is 32.9 Å². The number of fused-ring (bicyclic) bond motifs is 5. The Morgan fingerprint density at radius 3 is 2.43 bits per heavy atom. The van der Waals surface area contributed by atoms with Crippen LogP contribution in [0, 0.1) is 29.6 Å². The quantitative estimate of drug-likeness (QED) is 0.218. The van der Waals surface area contributed by atoms with Crippen LogP contribution in [0.2, 0.25) is 0 Å². The molecule has 3 fully saturated rings. The van der Waals surface area contributed by atoms with E-state index in [1.54, 1.807) is 33.0 Å². The molecule has 3 aliphatic heterocycles. The van der Waals surface area contributed by atoms with Crippen LogP contribution in [-0.2, 0) is 40.0 Å². The molecule has 17 heteroatoms. The van der Waals surface area contributed by atoms with E-state index in [1.165, 1.54) is 11.5 Å². The first kappa shape index (κ1) is 45.9. The molecule has 0 aliphatic carbocycles. The molecule has 14 atom stereocenters. The third kappa shape index (κ3) is 10.2. The maximum atomic E-state index is 14.5. The summed E-state index contributed by atoms with van der Waals surface area (Å²) in [5.74, 6) is -4.37. The van der Waals surface area contributed by atoms with E-state index in [-0.39, 0.29) is 56.4 Å². The number of aliphatic hydroxyl groups excluding tert-OH is 2. The first-order chi connectivity index (χ1) is 27.3. The lowest BCUT2D eigenvalue weighted by molar-refractivity contribution is -0.302. The monoisotopic (exact) mass is 832 g/mol. The van der Waals surface area contributed by atoms with Crippen molar-refractivity contribution >= 4 is 34.9 Å². The minimum atomic E-state index is -1.63. The van der Waals surface area contributed by atoms with E-state index in [0.29, 0.717) is 29.3 Å². The van der Waals surface area contributed by atoms with Crippen molar-refractivity contribution in [3.8, 4) is 10.6 Å².